The van der Waals surface area contributed by atoms with Crippen LogP contribution in [0.2, 0.25) is 0 Å². The van der Waals surface area contributed by atoms with Gasteiger partial charge in [0.15, 0.2) is 5.83 Å². The van der Waals surface area contributed by atoms with E-state index < -0.39 is 21.3 Å². The number of alkyl halides is 4. The van der Waals surface area contributed by atoms with Crippen LogP contribution in [-0.2, 0) is 0 Å². The first kappa shape index (κ1) is 8.22. The molecule has 1 aliphatic carbocycles. The van der Waals surface area contributed by atoms with Gasteiger partial charge < -0.3 is 0 Å². The summed E-state index contributed by atoms with van der Waals surface area (Å²) in [5.74, 6) is -10.9. The van der Waals surface area contributed by atoms with E-state index in [1.54, 1.807) is 0 Å². The van der Waals surface area contributed by atoms with Crippen LogP contribution < -0.4 is 0 Å². The van der Waals surface area contributed by atoms with Crippen LogP contribution in [0.5, 0.6) is 0 Å². The van der Waals surface area contributed by atoms with Gasteiger partial charge in [-0.1, -0.05) is 0 Å². The zero-order valence-electron chi connectivity index (χ0n) is 4.27. The number of hydrogen-bond donors (Lipinski definition) is 0. The van der Waals surface area contributed by atoms with E-state index in [0.717, 1.165) is 22.6 Å². The summed E-state index contributed by atoms with van der Waals surface area (Å²) >= 11 is 0.862. The third-order valence-corrected chi connectivity index (χ3v) is 2.29. The van der Waals surface area contributed by atoms with Gasteiger partial charge in [-0.3, -0.25) is 0 Å². The minimum Gasteiger partial charge on any atom is -0.204 e. The number of halogens is 6. The van der Waals surface area contributed by atoms with Gasteiger partial charge in [0.2, 0.25) is 0 Å². The second-order valence-electron chi connectivity index (χ2n) is 1.78. The quantitative estimate of drug-likeness (QED) is 0.469. The van der Waals surface area contributed by atoms with Crippen molar-refractivity contribution in [2.24, 2.45) is 0 Å². The summed E-state index contributed by atoms with van der Waals surface area (Å²) in [7, 11) is 0. The highest BCUT2D eigenvalue weighted by Crippen LogP contribution is 2.58. The molecule has 0 amide bonds. The molecule has 1 aliphatic rings. The molecule has 1 rings (SSSR count). The lowest BCUT2D eigenvalue weighted by atomic mass is 9.99. The van der Waals surface area contributed by atoms with Crippen molar-refractivity contribution in [2.45, 2.75) is 11.8 Å². The zero-order chi connectivity index (χ0) is 8.15. The summed E-state index contributed by atoms with van der Waals surface area (Å²) < 4.78 is 58.0. The number of hydrogen-bond acceptors (Lipinski definition) is 0. The first-order valence-electron chi connectivity index (χ1n) is 2.13. The van der Waals surface area contributed by atoms with Crippen LogP contribution in [0.25, 0.3) is 0 Å². The van der Waals surface area contributed by atoms with Crippen LogP contribution in [0.3, 0.4) is 0 Å². The summed E-state index contributed by atoms with van der Waals surface area (Å²) in [4.78, 5) is 0. The van der Waals surface area contributed by atoms with Crippen LogP contribution in [0, 0.1) is 0 Å². The average Bonchev–Trinajstić information content (AvgIpc) is 1.84. The molecular formula is C4F5I. The normalized spacial score (nSPS) is 28.2. The SMILES string of the molecule is FC1=C(I)C(F)(F)C1(F)F. The Hall–Kier alpha value is 0.120. The van der Waals surface area contributed by atoms with E-state index in [9.17, 15) is 22.0 Å². The van der Waals surface area contributed by atoms with E-state index in [1.165, 1.54) is 0 Å². The van der Waals surface area contributed by atoms with Gasteiger partial charge in [-0.15, -0.1) is 0 Å². The van der Waals surface area contributed by atoms with Crippen molar-refractivity contribution in [1.29, 1.82) is 0 Å². The molecule has 0 radical (unpaired) electrons. The van der Waals surface area contributed by atoms with E-state index in [2.05, 4.69) is 0 Å². The Balaban J connectivity index is 3.10. The van der Waals surface area contributed by atoms with Crippen LogP contribution >= 0.6 is 22.6 Å². The topological polar surface area (TPSA) is 0 Å². The third kappa shape index (κ3) is 0.652. The summed E-state index contributed by atoms with van der Waals surface area (Å²) in [6.07, 6.45) is 0. The predicted octanol–water partition coefficient (Wildman–Crippen LogP) is 2.89. The second kappa shape index (κ2) is 1.83. The molecule has 6 heteroatoms. The standard InChI is InChI=1S/C4F5I/c5-1-2(10)4(8,9)3(1,6)7. The lowest BCUT2D eigenvalue weighted by Crippen LogP contribution is -2.50. The average molecular weight is 270 g/mol. The minimum absolute atomic E-state index is 0.862. The molecule has 0 bridgehead atoms. The Kier molecular flexibility index (Phi) is 1.51. The van der Waals surface area contributed by atoms with Crippen molar-refractivity contribution in [1.82, 2.24) is 0 Å². The van der Waals surface area contributed by atoms with Crippen LogP contribution in [-0.4, -0.2) is 11.8 Å². The van der Waals surface area contributed by atoms with E-state index in [4.69, 9.17) is 0 Å². The van der Waals surface area contributed by atoms with Gasteiger partial charge in [0.05, 0.1) is 0 Å². The first-order valence-corrected chi connectivity index (χ1v) is 3.21. The van der Waals surface area contributed by atoms with E-state index in [1.807, 2.05) is 0 Å². The smallest absolute Gasteiger partial charge is 0.204 e. The Labute approximate surface area is 66.2 Å². The third-order valence-electron chi connectivity index (χ3n) is 1.14. The van der Waals surface area contributed by atoms with Crippen LogP contribution in [0.1, 0.15) is 0 Å². The van der Waals surface area contributed by atoms with Gasteiger partial charge in [-0.05, 0) is 22.6 Å². The fourth-order valence-electron chi connectivity index (χ4n) is 0.489. The van der Waals surface area contributed by atoms with E-state index in [0.29, 0.717) is 0 Å². The molecular weight excluding hydrogens is 270 g/mol. The maximum atomic E-state index is 11.9. The molecule has 10 heavy (non-hydrogen) atoms. The molecule has 0 unspecified atom stereocenters. The van der Waals surface area contributed by atoms with Crippen molar-refractivity contribution >= 4 is 22.6 Å². The van der Waals surface area contributed by atoms with Gasteiger partial charge in [-0.2, -0.15) is 17.6 Å². The van der Waals surface area contributed by atoms with Crippen LogP contribution in [0.4, 0.5) is 22.0 Å². The Morgan fingerprint density at radius 2 is 1.40 bits per heavy atom. The molecule has 0 aromatic rings. The maximum absolute atomic E-state index is 11.9. The Bertz CT molecular complexity index is 184. The molecule has 0 aliphatic heterocycles. The predicted molar refractivity (Wildman–Crippen MR) is 32.0 cm³/mol. The van der Waals surface area contributed by atoms with Crippen LogP contribution in [0.15, 0.2) is 9.41 Å². The maximum Gasteiger partial charge on any atom is 0.366 e. The largest absolute Gasteiger partial charge is 0.366 e. The van der Waals surface area contributed by atoms with Gasteiger partial charge in [-0.25, -0.2) is 4.39 Å². The molecule has 0 N–H and O–H groups in total. The molecule has 0 saturated carbocycles. The molecule has 58 valence electrons. The molecule has 0 atom stereocenters. The molecule has 0 aromatic heterocycles. The van der Waals surface area contributed by atoms with Crippen molar-refractivity contribution in [2.75, 3.05) is 0 Å². The lowest BCUT2D eigenvalue weighted by molar-refractivity contribution is -0.194. The van der Waals surface area contributed by atoms with Crippen molar-refractivity contribution in [3.63, 3.8) is 0 Å². The molecule has 0 saturated heterocycles. The number of allylic oxidation sites excluding steroid dienone is 2. The first-order chi connectivity index (χ1) is 4.32. The molecule has 0 spiro atoms. The summed E-state index contributed by atoms with van der Waals surface area (Å²) in [6.45, 7) is 0. The van der Waals surface area contributed by atoms with Gasteiger partial charge in [0, 0.05) is 0 Å². The highest BCUT2D eigenvalue weighted by molar-refractivity contribution is 14.1. The van der Waals surface area contributed by atoms with E-state index in [-0.39, 0.29) is 0 Å². The monoisotopic (exact) mass is 270 g/mol. The zero-order valence-corrected chi connectivity index (χ0v) is 6.43. The molecule has 0 heterocycles. The fraction of sp³-hybridized carbons (Fsp3) is 0.500. The highest BCUT2D eigenvalue weighted by atomic mass is 127. The Morgan fingerprint density at radius 1 is 1.00 bits per heavy atom. The summed E-state index contributed by atoms with van der Waals surface area (Å²) in [6, 6.07) is 0. The molecule has 0 fully saturated rings. The Morgan fingerprint density at radius 3 is 1.50 bits per heavy atom. The van der Waals surface area contributed by atoms with E-state index >= 15 is 0 Å². The lowest BCUT2D eigenvalue weighted by Gasteiger charge is -2.33. The van der Waals surface area contributed by atoms with Gasteiger partial charge >= 0.3 is 11.8 Å². The second-order valence-corrected chi connectivity index (χ2v) is 2.86. The van der Waals surface area contributed by atoms with Crippen molar-refractivity contribution < 1.29 is 22.0 Å². The van der Waals surface area contributed by atoms with Crippen molar-refractivity contribution in [3.8, 4) is 0 Å². The fourth-order valence-corrected chi connectivity index (χ4v) is 1.17. The van der Waals surface area contributed by atoms with Gasteiger partial charge in [0.1, 0.15) is 3.58 Å². The van der Waals surface area contributed by atoms with Crippen molar-refractivity contribution in [3.05, 3.63) is 9.41 Å². The molecule has 0 aromatic carbocycles. The van der Waals surface area contributed by atoms with Gasteiger partial charge in [0.25, 0.3) is 0 Å². The molecule has 0 nitrogen and oxygen atoms in total. The highest BCUT2D eigenvalue weighted by Gasteiger charge is 2.72. The number of rotatable bonds is 0. The summed E-state index contributed by atoms with van der Waals surface area (Å²) in [5, 5.41) is 0. The minimum atomic E-state index is -4.58. The summed E-state index contributed by atoms with van der Waals surface area (Å²) in [5.41, 5.74) is 0.